The zero-order valence-corrected chi connectivity index (χ0v) is 9.04. The Labute approximate surface area is 90.4 Å². The van der Waals surface area contributed by atoms with Gasteiger partial charge >= 0.3 is 5.97 Å². The van der Waals surface area contributed by atoms with E-state index in [-0.39, 0.29) is 12.1 Å². The van der Waals surface area contributed by atoms with E-state index in [4.69, 9.17) is 15.2 Å². The molecule has 0 bridgehead atoms. The second-order valence-electron chi connectivity index (χ2n) is 3.72. The molecule has 1 rings (SSSR count). The normalized spacial score (nSPS) is 20.2. The van der Waals surface area contributed by atoms with E-state index < -0.39 is 0 Å². The number of carbonyl (C=O) groups excluding carboxylic acids is 1. The summed E-state index contributed by atoms with van der Waals surface area (Å²) in [6, 6.07) is 0. The van der Waals surface area contributed by atoms with Crippen LogP contribution in [0.5, 0.6) is 0 Å². The van der Waals surface area contributed by atoms with Crippen molar-refractivity contribution in [3.05, 3.63) is 12.2 Å². The third-order valence-corrected chi connectivity index (χ3v) is 2.37. The first-order chi connectivity index (χ1) is 7.24. The van der Waals surface area contributed by atoms with Gasteiger partial charge in [-0.1, -0.05) is 6.58 Å². The highest BCUT2D eigenvalue weighted by Crippen LogP contribution is 2.19. The van der Waals surface area contributed by atoms with Crippen molar-refractivity contribution in [2.75, 3.05) is 19.8 Å². The maximum Gasteiger partial charge on any atom is 0.333 e. The van der Waals surface area contributed by atoms with Crippen molar-refractivity contribution in [1.29, 1.82) is 0 Å². The number of hydrogen-bond donors (Lipinski definition) is 1. The summed E-state index contributed by atoms with van der Waals surface area (Å²) < 4.78 is 10.4. The quantitative estimate of drug-likeness (QED) is 0.406. The SMILES string of the molecule is C=C(CC1CCCO1)C(=O)OCCCN. The molecule has 0 radical (unpaired) electrons. The lowest BCUT2D eigenvalue weighted by Crippen LogP contribution is -2.15. The first kappa shape index (κ1) is 12.2. The summed E-state index contributed by atoms with van der Waals surface area (Å²) in [7, 11) is 0. The van der Waals surface area contributed by atoms with Crippen molar-refractivity contribution >= 4 is 5.97 Å². The number of esters is 1. The van der Waals surface area contributed by atoms with Crippen LogP contribution in [-0.4, -0.2) is 31.8 Å². The minimum atomic E-state index is -0.320. The summed E-state index contributed by atoms with van der Waals surface area (Å²) in [4.78, 5) is 11.4. The van der Waals surface area contributed by atoms with Gasteiger partial charge in [0.2, 0.25) is 0 Å². The molecular formula is C11H19NO3. The molecule has 86 valence electrons. The predicted octanol–water partition coefficient (Wildman–Crippen LogP) is 1.00. The molecule has 2 N–H and O–H groups in total. The van der Waals surface area contributed by atoms with Crippen LogP contribution in [0.1, 0.15) is 25.7 Å². The summed E-state index contributed by atoms with van der Waals surface area (Å²) in [6.07, 6.45) is 3.51. The minimum Gasteiger partial charge on any atom is -0.462 e. The van der Waals surface area contributed by atoms with Gasteiger partial charge in [-0.25, -0.2) is 4.79 Å². The highest BCUT2D eigenvalue weighted by Gasteiger charge is 2.19. The minimum absolute atomic E-state index is 0.152. The molecule has 0 amide bonds. The fraction of sp³-hybridized carbons (Fsp3) is 0.727. The lowest BCUT2D eigenvalue weighted by molar-refractivity contribution is -0.139. The van der Waals surface area contributed by atoms with Crippen molar-refractivity contribution in [3.8, 4) is 0 Å². The maximum absolute atomic E-state index is 11.4. The molecule has 1 unspecified atom stereocenters. The number of ether oxygens (including phenoxy) is 2. The van der Waals surface area contributed by atoms with E-state index in [1.54, 1.807) is 0 Å². The summed E-state index contributed by atoms with van der Waals surface area (Å²) in [6.45, 7) is 5.41. The van der Waals surface area contributed by atoms with Crippen LogP contribution in [0.3, 0.4) is 0 Å². The van der Waals surface area contributed by atoms with Crippen LogP contribution in [0.2, 0.25) is 0 Å². The zero-order valence-electron chi connectivity index (χ0n) is 9.04. The van der Waals surface area contributed by atoms with Crippen LogP contribution in [0.4, 0.5) is 0 Å². The molecule has 1 heterocycles. The van der Waals surface area contributed by atoms with Gasteiger partial charge in [-0.3, -0.25) is 0 Å². The number of rotatable bonds is 6. The average Bonchev–Trinajstić information content (AvgIpc) is 2.70. The number of hydrogen-bond acceptors (Lipinski definition) is 4. The molecule has 1 aliphatic heterocycles. The lowest BCUT2D eigenvalue weighted by atomic mass is 10.1. The standard InChI is InChI=1S/C11H19NO3/c1-9(8-10-4-2-6-14-10)11(13)15-7-3-5-12/h10H,1-8,12H2. The first-order valence-electron chi connectivity index (χ1n) is 5.40. The Hall–Kier alpha value is -0.870. The van der Waals surface area contributed by atoms with Gasteiger partial charge in [0.25, 0.3) is 0 Å². The molecule has 1 fully saturated rings. The van der Waals surface area contributed by atoms with Gasteiger partial charge in [-0.05, 0) is 25.8 Å². The van der Waals surface area contributed by atoms with E-state index in [2.05, 4.69) is 6.58 Å². The van der Waals surface area contributed by atoms with Gasteiger partial charge in [0.05, 0.1) is 12.7 Å². The Morgan fingerprint density at radius 3 is 3.00 bits per heavy atom. The summed E-state index contributed by atoms with van der Waals surface area (Å²) in [5.41, 5.74) is 5.79. The molecule has 0 saturated carbocycles. The van der Waals surface area contributed by atoms with Gasteiger partial charge < -0.3 is 15.2 Å². The van der Waals surface area contributed by atoms with Gasteiger partial charge in [-0.15, -0.1) is 0 Å². The van der Waals surface area contributed by atoms with Crippen LogP contribution in [0.25, 0.3) is 0 Å². The Bertz CT molecular complexity index is 222. The zero-order chi connectivity index (χ0) is 11.1. The Morgan fingerprint density at radius 2 is 2.40 bits per heavy atom. The van der Waals surface area contributed by atoms with Crippen LogP contribution in [0.15, 0.2) is 12.2 Å². The molecule has 0 aromatic heterocycles. The highest BCUT2D eigenvalue weighted by atomic mass is 16.5. The predicted molar refractivity (Wildman–Crippen MR) is 57.4 cm³/mol. The van der Waals surface area contributed by atoms with Crippen molar-refractivity contribution in [2.24, 2.45) is 5.73 Å². The molecule has 0 aliphatic carbocycles. The highest BCUT2D eigenvalue weighted by molar-refractivity contribution is 5.87. The number of carbonyl (C=O) groups is 1. The Balaban J connectivity index is 2.17. The fourth-order valence-corrected chi connectivity index (χ4v) is 1.51. The van der Waals surface area contributed by atoms with Crippen LogP contribution < -0.4 is 5.73 Å². The molecule has 4 nitrogen and oxygen atoms in total. The molecule has 15 heavy (non-hydrogen) atoms. The summed E-state index contributed by atoms with van der Waals surface area (Å²) >= 11 is 0. The largest absolute Gasteiger partial charge is 0.462 e. The molecule has 0 aromatic carbocycles. The topological polar surface area (TPSA) is 61.5 Å². The van der Waals surface area contributed by atoms with Crippen molar-refractivity contribution in [1.82, 2.24) is 0 Å². The smallest absolute Gasteiger partial charge is 0.333 e. The molecule has 0 spiro atoms. The third kappa shape index (κ3) is 4.44. The van der Waals surface area contributed by atoms with Gasteiger partial charge in [0.15, 0.2) is 0 Å². The van der Waals surface area contributed by atoms with Crippen LogP contribution in [0, 0.1) is 0 Å². The molecule has 0 aromatic rings. The fourth-order valence-electron chi connectivity index (χ4n) is 1.51. The molecular weight excluding hydrogens is 194 g/mol. The van der Waals surface area contributed by atoms with E-state index >= 15 is 0 Å². The summed E-state index contributed by atoms with van der Waals surface area (Å²) in [5.74, 6) is -0.320. The van der Waals surface area contributed by atoms with Crippen molar-refractivity contribution < 1.29 is 14.3 Å². The average molecular weight is 213 g/mol. The van der Waals surface area contributed by atoms with Gasteiger partial charge in [-0.2, -0.15) is 0 Å². The van der Waals surface area contributed by atoms with Crippen molar-refractivity contribution in [3.63, 3.8) is 0 Å². The first-order valence-corrected chi connectivity index (χ1v) is 5.40. The van der Waals surface area contributed by atoms with Gasteiger partial charge in [0.1, 0.15) is 0 Å². The second-order valence-corrected chi connectivity index (χ2v) is 3.72. The number of nitrogens with two attached hydrogens (primary N) is 1. The van der Waals surface area contributed by atoms with E-state index in [1.165, 1.54) is 0 Å². The van der Waals surface area contributed by atoms with E-state index in [1.807, 2.05) is 0 Å². The van der Waals surface area contributed by atoms with Gasteiger partial charge in [0, 0.05) is 18.6 Å². The third-order valence-electron chi connectivity index (χ3n) is 2.37. The van der Waals surface area contributed by atoms with Crippen LogP contribution in [-0.2, 0) is 14.3 Å². The molecule has 4 heteroatoms. The second kappa shape index (κ2) is 6.58. The molecule has 1 aliphatic rings. The molecule has 1 saturated heterocycles. The van der Waals surface area contributed by atoms with E-state index in [0.29, 0.717) is 31.6 Å². The molecule has 1 atom stereocenters. The monoisotopic (exact) mass is 213 g/mol. The Morgan fingerprint density at radius 1 is 1.60 bits per heavy atom. The van der Waals surface area contributed by atoms with E-state index in [9.17, 15) is 4.79 Å². The van der Waals surface area contributed by atoms with E-state index in [0.717, 1.165) is 19.4 Å². The summed E-state index contributed by atoms with van der Waals surface area (Å²) in [5, 5.41) is 0. The Kier molecular flexibility index (Phi) is 5.36. The maximum atomic E-state index is 11.4. The lowest BCUT2D eigenvalue weighted by Gasteiger charge is -2.10. The van der Waals surface area contributed by atoms with Crippen molar-refractivity contribution in [2.45, 2.75) is 31.8 Å². The van der Waals surface area contributed by atoms with Crippen LogP contribution >= 0.6 is 0 Å².